The van der Waals surface area contributed by atoms with Gasteiger partial charge in [0.15, 0.2) is 0 Å². The van der Waals surface area contributed by atoms with E-state index in [1.54, 1.807) is 0 Å². The Balaban J connectivity index is 6.34. The summed E-state index contributed by atoms with van der Waals surface area (Å²) in [5.74, 6) is -0.829. The van der Waals surface area contributed by atoms with E-state index in [0.717, 1.165) is 77.0 Å². The second-order valence-corrected chi connectivity index (χ2v) is 35.8. The van der Waals surface area contributed by atoms with Gasteiger partial charge in [-0.25, -0.2) is 0 Å². The van der Waals surface area contributed by atoms with Gasteiger partial charge in [0.25, 0.3) is 0 Å². The number of aliphatic hydroxyl groups is 6. The van der Waals surface area contributed by atoms with Crippen LogP contribution in [0.25, 0.3) is 0 Å². The second-order valence-electron chi connectivity index (χ2n) is 32.3. The van der Waals surface area contributed by atoms with Gasteiger partial charge < -0.3 is 51.2 Å². The summed E-state index contributed by atoms with van der Waals surface area (Å²) >= 11 is 0. The van der Waals surface area contributed by atoms with Gasteiger partial charge in [-0.15, -0.1) is 0 Å². The van der Waals surface area contributed by atoms with E-state index in [9.17, 15) is 45.0 Å². The molecule has 0 saturated heterocycles. The molecule has 6 unspecified atom stereocenters. The molecule has 0 aromatic carbocycles. The molecule has 0 heterocycles. The first-order valence-electron chi connectivity index (χ1n) is 45.2. The summed E-state index contributed by atoms with van der Waals surface area (Å²) in [6, 6.07) is 0. The van der Waals surface area contributed by atoms with Gasteiger partial charge in [-0.1, -0.05) is 350 Å². The standard InChI is InChI=1S/C87H177N6O10P/c1-7-13-19-25-31-37-43-49-55-79(94)73-91(74-80(95)56-50-44-38-32-26-20-14-8-2)67-64-88-85(100)61-70-104(103,71-62-86(101)89-65-68-92(75-81(96)57-51-45-39-33-27-21-15-9-3)76-82(97)58-52-46-40-34-28-22-16-10-4)72-63-87(102)90-66-69-93(77-83(98)59-53-47-41-35-29-23-17-11-5)78-84(99)60-54-48-42-36-30-24-18-12-6/h79-84,94-99H,7-78H2,1-6H3,(H,88,100)(H,89,101)(H,90,102). The first-order chi connectivity index (χ1) is 50.5. The van der Waals surface area contributed by atoms with E-state index in [1.807, 2.05) is 0 Å². The number of rotatable bonds is 84. The molecule has 0 aromatic heterocycles. The Labute approximate surface area is 643 Å². The lowest BCUT2D eigenvalue weighted by Gasteiger charge is -2.28. The number of hydrogen-bond acceptors (Lipinski definition) is 13. The highest BCUT2D eigenvalue weighted by molar-refractivity contribution is 7.64. The normalized spacial score (nSPS) is 14.3. The molecule has 6 atom stereocenters. The smallest absolute Gasteiger partial charge is 0.220 e. The second kappa shape index (κ2) is 76.6. The van der Waals surface area contributed by atoms with Gasteiger partial charge in [-0.05, 0) is 38.5 Å². The van der Waals surface area contributed by atoms with Crippen molar-refractivity contribution in [3.05, 3.63) is 0 Å². The van der Waals surface area contributed by atoms with Gasteiger partial charge in [0.1, 0.15) is 0 Å². The summed E-state index contributed by atoms with van der Waals surface area (Å²) in [6.45, 7) is 18.0. The van der Waals surface area contributed by atoms with Crippen LogP contribution >= 0.6 is 7.14 Å². The van der Waals surface area contributed by atoms with Crippen molar-refractivity contribution >= 4 is 24.9 Å². The number of nitrogens with zero attached hydrogens (tertiary/aromatic N) is 3. The van der Waals surface area contributed by atoms with E-state index in [2.05, 4.69) is 72.2 Å². The summed E-state index contributed by atoms with van der Waals surface area (Å²) in [4.78, 5) is 47.7. The van der Waals surface area contributed by atoms with Gasteiger partial charge >= 0.3 is 0 Å². The highest BCUT2D eigenvalue weighted by atomic mass is 31.2. The molecule has 0 aliphatic rings. The topological polar surface area (TPSA) is 235 Å². The molecule has 104 heavy (non-hydrogen) atoms. The number of unbranched alkanes of at least 4 members (excludes halogenated alkanes) is 42. The SMILES string of the molecule is CCCCCCCCCCC(O)CN(CCNC(=O)CCP(=O)(CCC(=O)NCCN(CC(O)CCCCCCCCCC)CC(O)CCCCCCCCCC)CCC(=O)NCCN(CC(O)CCCCCCCCCC)CC(O)CCCCCCCCCC)CC(O)CCCCCCCCCC. The molecule has 0 aliphatic heterocycles. The number of carbonyl (C=O) groups is 3. The Kier molecular flexibility index (Phi) is 75.4. The quantitative estimate of drug-likeness (QED) is 0.0204. The average molecular weight is 1500 g/mol. The summed E-state index contributed by atoms with van der Waals surface area (Å²) in [5.41, 5.74) is 0. The van der Waals surface area contributed by atoms with Crippen molar-refractivity contribution in [2.24, 2.45) is 0 Å². The Morgan fingerprint density at radius 2 is 0.394 bits per heavy atom. The number of aliphatic hydroxyl groups excluding tert-OH is 6. The van der Waals surface area contributed by atoms with E-state index >= 15 is 4.57 Å². The van der Waals surface area contributed by atoms with Crippen LogP contribution in [0.1, 0.15) is 408 Å². The molecule has 620 valence electrons. The van der Waals surface area contributed by atoms with Crippen molar-refractivity contribution in [1.82, 2.24) is 30.7 Å². The third kappa shape index (κ3) is 70.7. The van der Waals surface area contributed by atoms with Crippen LogP contribution in [-0.2, 0) is 18.9 Å². The van der Waals surface area contributed by atoms with Crippen LogP contribution in [0.15, 0.2) is 0 Å². The molecule has 9 N–H and O–H groups in total. The molecular weight excluding hydrogens is 1320 g/mol. The van der Waals surface area contributed by atoms with E-state index in [1.165, 1.54) is 231 Å². The van der Waals surface area contributed by atoms with Crippen molar-refractivity contribution in [3.8, 4) is 0 Å². The molecule has 0 fully saturated rings. The number of nitrogens with one attached hydrogen (secondary N) is 3. The Bertz CT molecular complexity index is 1610. The predicted octanol–water partition coefficient (Wildman–Crippen LogP) is 19.1. The largest absolute Gasteiger partial charge is 0.392 e. The predicted molar refractivity (Wildman–Crippen MR) is 444 cm³/mol. The Hall–Kier alpha value is -1.72. The minimum atomic E-state index is -3.30. The van der Waals surface area contributed by atoms with Gasteiger partial charge in [-0.3, -0.25) is 29.1 Å². The van der Waals surface area contributed by atoms with Crippen molar-refractivity contribution < 1.29 is 49.6 Å². The van der Waals surface area contributed by atoms with Crippen LogP contribution in [0.4, 0.5) is 0 Å². The van der Waals surface area contributed by atoms with Crippen molar-refractivity contribution in [3.63, 3.8) is 0 Å². The molecule has 0 spiro atoms. The molecule has 0 saturated carbocycles. The Morgan fingerprint density at radius 3 is 0.548 bits per heavy atom. The number of amides is 3. The van der Waals surface area contributed by atoms with E-state index in [4.69, 9.17) is 0 Å². The minimum Gasteiger partial charge on any atom is -0.392 e. The zero-order valence-electron chi connectivity index (χ0n) is 69.5. The van der Waals surface area contributed by atoms with Crippen LogP contribution in [0, 0.1) is 0 Å². The van der Waals surface area contributed by atoms with E-state index < -0.39 is 43.8 Å². The molecule has 16 nitrogen and oxygen atoms in total. The lowest BCUT2D eigenvalue weighted by Crippen LogP contribution is -2.42. The maximum atomic E-state index is 15.2. The van der Waals surface area contributed by atoms with Gasteiger partial charge in [0, 0.05) is 116 Å². The number of hydrogen-bond donors (Lipinski definition) is 9. The fourth-order valence-corrected chi connectivity index (χ4v) is 17.3. The van der Waals surface area contributed by atoms with Gasteiger partial charge in [0.05, 0.1) is 43.8 Å². The van der Waals surface area contributed by atoms with Crippen LogP contribution in [0.5, 0.6) is 0 Å². The first kappa shape index (κ1) is 102. The van der Waals surface area contributed by atoms with E-state index in [-0.39, 0.29) is 75.1 Å². The average Bonchev–Trinajstić information content (AvgIpc) is 0.879. The van der Waals surface area contributed by atoms with Crippen molar-refractivity contribution in [2.75, 3.05) is 97.0 Å². The van der Waals surface area contributed by atoms with Crippen molar-refractivity contribution in [2.45, 2.75) is 444 Å². The zero-order valence-corrected chi connectivity index (χ0v) is 70.4. The fraction of sp³-hybridized carbons (Fsp3) is 0.966. The third-order valence-corrected chi connectivity index (χ3v) is 24.8. The summed E-state index contributed by atoms with van der Waals surface area (Å²) in [7, 11) is -3.30. The van der Waals surface area contributed by atoms with Gasteiger partial charge in [-0.2, -0.15) is 0 Å². The molecule has 17 heteroatoms. The van der Waals surface area contributed by atoms with Gasteiger partial charge in [0.2, 0.25) is 17.7 Å². The molecule has 0 aromatic rings. The third-order valence-electron chi connectivity index (χ3n) is 21.6. The monoisotopic (exact) mass is 1500 g/mol. The summed E-state index contributed by atoms with van der Waals surface area (Å²) in [5, 5.41) is 76.8. The van der Waals surface area contributed by atoms with Crippen molar-refractivity contribution in [1.29, 1.82) is 0 Å². The van der Waals surface area contributed by atoms with E-state index in [0.29, 0.717) is 97.4 Å². The molecule has 0 aliphatic carbocycles. The number of carbonyl (C=O) groups excluding carboxylic acids is 3. The lowest BCUT2D eigenvalue weighted by atomic mass is 10.0. The maximum absolute atomic E-state index is 15.2. The van der Waals surface area contributed by atoms with Crippen LogP contribution < -0.4 is 16.0 Å². The molecule has 0 bridgehead atoms. The summed E-state index contributed by atoms with van der Waals surface area (Å²) in [6.07, 6.45) is 57.7. The molecule has 0 rings (SSSR count). The lowest BCUT2D eigenvalue weighted by molar-refractivity contribution is -0.121. The molecule has 3 amide bonds. The van der Waals surface area contributed by atoms with Crippen LogP contribution in [0.3, 0.4) is 0 Å². The van der Waals surface area contributed by atoms with Crippen LogP contribution in [0.2, 0.25) is 0 Å². The zero-order chi connectivity index (χ0) is 76.5. The fourth-order valence-electron chi connectivity index (χ4n) is 14.8. The molecular formula is C87H177N6O10P. The highest BCUT2D eigenvalue weighted by Crippen LogP contribution is 2.47. The summed E-state index contributed by atoms with van der Waals surface area (Å²) < 4.78 is 15.2. The molecule has 0 radical (unpaired) electrons. The minimum absolute atomic E-state index is 0.0281. The Morgan fingerprint density at radius 1 is 0.250 bits per heavy atom. The maximum Gasteiger partial charge on any atom is 0.220 e. The van der Waals surface area contributed by atoms with Crippen LogP contribution in [-0.4, -0.2) is 197 Å². The first-order valence-corrected chi connectivity index (χ1v) is 47.4. The highest BCUT2D eigenvalue weighted by Gasteiger charge is 2.27.